The van der Waals surface area contributed by atoms with Gasteiger partial charge in [0.05, 0.1) is 23.2 Å². The van der Waals surface area contributed by atoms with Crippen LogP contribution >= 0.6 is 0 Å². The van der Waals surface area contributed by atoms with Crippen molar-refractivity contribution in [1.82, 2.24) is 25.7 Å². The van der Waals surface area contributed by atoms with Crippen LogP contribution in [0.25, 0.3) is 5.69 Å². The molecular formula is C27H30F3N5O4. The Kier molecular flexibility index (Phi) is 6.88. The number of aromatic nitrogens is 4. The van der Waals surface area contributed by atoms with Gasteiger partial charge in [-0.3, -0.25) is 9.63 Å². The van der Waals surface area contributed by atoms with E-state index in [-0.39, 0.29) is 23.3 Å². The molecule has 1 aliphatic heterocycles. The quantitative estimate of drug-likeness (QED) is 0.440. The van der Waals surface area contributed by atoms with Crippen molar-refractivity contribution in [1.29, 1.82) is 0 Å². The second kappa shape index (κ2) is 9.91. The van der Waals surface area contributed by atoms with E-state index in [1.165, 1.54) is 18.2 Å². The van der Waals surface area contributed by atoms with Crippen LogP contribution in [-0.4, -0.2) is 42.5 Å². The summed E-state index contributed by atoms with van der Waals surface area (Å²) in [5, 5.41) is 20.5. The molecule has 2 N–H and O–H groups in total. The summed E-state index contributed by atoms with van der Waals surface area (Å²) in [6.07, 6.45) is -2.41. The topological polar surface area (TPSA) is 111 Å². The number of carbonyl (C=O) groups excluding carboxylic acids is 1. The van der Waals surface area contributed by atoms with Crippen molar-refractivity contribution in [3.8, 4) is 11.4 Å². The molecule has 1 aromatic heterocycles. The molecule has 1 saturated heterocycles. The molecule has 2 aliphatic rings. The molecule has 1 unspecified atom stereocenters. The van der Waals surface area contributed by atoms with Crippen LogP contribution in [0.1, 0.15) is 75.4 Å². The molecule has 1 spiro atoms. The molecule has 4 atom stereocenters. The maximum absolute atomic E-state index is 13.4. The first kappa shape index (κ1) is 27.1. The molecule has 2 fully saturated rings. The van der Waals surface area contributed by atoms with E-state index in [9.17, 15) is 23.1 Å². The van der Waals surface area contributed by atoms with Crippen molar-refractivity contribution in [3.63, 3.8) is 0 Å². The maximum Gasteiger partial charge on any atom is 0.453 e. The van der Waals surface area contributed by atoms with Crippen LogP contribution in [0.15, 0.2) is 48.5 Å². The summed E-state index contributed by atoms with van der Waals surface area (Å²) in [7, 11) is 0. The number of alkyl halides is 3. The molecule has 0 radical (unpaired) electrons. The summed E-state index contributed by atoms with van der Waals surface area (Å²) in [5.74, 6) is -2.50. The molecule has 9 nitrogen and oxygen atoms in total. The molecule has 1 aliphatic carbocycles. The smallest absolute Gasteiger partial charge is 0.453 e. The number of aromatic hydroxyl groups is 1. The number of carbonyl (C=O) groups is 1. The van der Waals surface area contributed by atoms with Gasteiger partial charge in [0.2, 0.25) is 0 Å². The fourth-order valence-electron chi connectivity index (χ4n) is 5.76. The Morgan fingerprint density at radius 2 is 1.92 bits per heavy atom. The predicted octanol–water partition coefficient (Wildman–Crippen LogP) is 5.02. The Balaban J connectivity index is 1.50. The van der Waals surface area contributed by atoms with Crippen molar-refractivity contribution in [3.05, 3.63) is 65.5 Å². The van der Waals surface area contributed by atoms with Gasteiger partial charge in [-0.05, 0) is 74.2 Å². The highest BCUT2D eigenvalue weighted by Crippen LogP contribution is 2.54. The van der Waals surface area contributed by atoms with E-state index < -0.39 is 35.2 Å². The van der Waals surface area contributed by atoms with Crippen molar-refractivity contribution < 1.29 is 32.6 Å². The summed E-state index contributed by atoms with van der Waals surface area (Å²) in [6.45, 7) is 5.49. The van der Waals surface area contributed by atoms with Gasteiger partial charge in [0.15, 0.2) is 0 Å². The second-order valence-electron chi connectivity index (χ2n) is 11.1. The normalized spacial score (nSPS) is 25.6. The lowest BCUT2D eigenvalue weighted by atomic mass is 9.64. The predicted molar refractivity (Wildman–Crippen MR) is 132 cm³/mol. The Morgan fingerprint density at radius 1 is 1.18 bits per heavy atom. The van der Waals surface area contributed by atoms with Gasteiger partial charge < -0.3 is 9.84 Å². The molecular weight excluding hydrogens is 515 g/mol. The number of nitrogens with zero attached hydrogens (tertiary/aromatic N) is 4. The fourth-order valence-corrected chi connectivity index (χ4v) is 5.76. The number of esters is 1. The highest BCUT2D eigenvalue weighted by Gasteiger charge is 2.55. The highest BCUT2D eigenvalue weighted by atomic mass is 19.4. The lowest BCUT2D eigenvalue weighted by molar-refractivity contribution is -0.170. The minimum Gasteiger partial charge on any atom is -0.508 e. The average molecular weight is 546 g/mol. The minimum absolute atomic E-state index is 0.0396. The molecule has 208 valence electrons. The number of rotatable bonds is 4. The largest absolute Gasteiger partial charge is 0.508 e. The van der Waals surface area contributed by atoms with Crippen LogP contribution in [0.5, 0.6) is 5.75 Å². The first-order valence-corrected chi connectivity index (χ1v) is 12.8. The van der Waals surface area contributed by atoms with Crippen LogP contribution in [0, 0.1) is 5.92 Å². The Bertz CT molecular complexity index is 1340. The maximum atomic E-state index is 13.4. The second-order valence-corrected chi connectivity index (χ2v) is 11.1. The molecule has 0 bridgehead atoms. The van der Waals surface area contributed by atoms with E-state index >= 15 is 0 Å². The molecule has 0 amide bonds. The molecule has 39 heavy (non-hydrogen) atoms. The van der Waals surface area contributed by atoms with E-state index in [0.29, 0.717) is 35.9 Å². The number of hydroxylamine groups is 1. The highest BCUT2D eigenvalue weighted by molar-refractivity contribution is 5.75. The third-order valence-corrected chi connectivity index (χ3v) is 7.26. The third-order valence-electron chi connectivity index (χ3n) is 7.26. The number of phenolic OH excluding ortho intramolecular Hbond substituents is 1. The third kappa shape index (κ3) is 5.35. The Labute approximate surface area is 223 Å². The first-order valence-electron chi connectivity index (χ1n) is 12.8. The van der Waals surface area contributed by atoms with Gasteiger partial charge in [0.25, 0.3) is 5.82 Å². The molecule has 12 heteroatoms. The lowest BCUT2D eigenvalue weighted by Gasteiger charge is -2.44. The van der Waals surface area contributed by atoms with Gasteiger partial charge >= 0.3 is 12.1 Å². The van der Waals surface area contributed by atoms with E-state index in [2.05, 4.69) is 21.0 Å². The summed E-state index contributed by atoms with van der Waals surface area (Å²) in [5.41, 5.74) is 2.83. The number of tetrazole rings is 1. The molecule has 3 aromatic rings. The van der Waals surface area contributed by atoms with E-state index in [1.54, 1.807) is 0 Å². The fraction of sp³-hybridized carbons (Fsp3) is 0.481. The standard InChI is InChI=1S/C27H30F3N5O4/c1-25(2,3)38-23(37)18-10-7-13-26(22(18)16-8-5-4-6-9-16)15-20(32-39-26)19-14-17(11-12-21(19)36)35-24(27(28,29)30)31-33-34-35/h4-6,8-9,11-12,14,18,20,22,32,36H,7,10,13,15H2,1-3H3/t18?,20-,22-,26-/m1/s1. The number of halogens is 3. The van der Waals surface area contributed by atoms with Gasteiger partial charge in [-0.2, -0.15) is 23.3 Å². The van der Waals surface area contributed by atoms with E-state index in [1.807, 2.05) is 51.1 Å². The summed E-state index contributed by atoms with van der Waals surface area (Å²) in [6, 6.07) is 13.1. The summed E-state index contributed by atoms with van der Waals surface area (Å²) < 4.78 is 46.6. The van der Waals surface area contributed by atoms with Crippen molar-refractivity contribution >= 4 is 5.97 Å². The van der Waals surface area contributed by atoms with Crippen molar-refractivity contribution in [2.45, 2.75) is 75.8 Å². The molecule has 5 rings (SSSR count). The number of benzene rings is 2. The molecule has 2 aromatic carbocycles. The number of hydrogen-bond donors (Lipinski definition) is 2. The van der Waals surface area contributed by atoms with Crippen molar-refractivity contribution in [2.75, 3.05) is 0 Å². The lowest BCUT2D eigenvalue weighted by Crippen LogP contribution is -2.47. The van der Waals surface area contributed by atoms with Gasteiger partial charge in [0, 0.05) is 17.9 Å². The van der Waals surface area contributed by atoms with Gasteiger partial charge in [0.1, 0.15) is 11.4 Å². The molecule has 1 saturated carbocycles. The Morgan fingerprint density at radius 3 is 2.62 bits per heavy atom. The van der Waals surface area contributed by atoms with Crippen LogP contribution in [-0.2, 0) is 20.5 Å². The number of hydrogen-bond acceptors (Lipinski definition) is 8. The number of ether oxygens (including phenoxy) is 1. The monoisotopic (exact) mass is 545 g/mol. The number of phenols is 1. The Hall–Kier alpha value is -3.51. The SMILES string of the molecule is CC(C)(C)OC(=O)C1CCC[C@@]2(C[C@H](c3cc(-n4nnnc4C(F)(F)F)ccc3O)NO2)[C@@H]1c1ccccc1. The first-order chi connectivity index (χ1) is 18.4. The zero-order valence-electron chi connectivity index (χ0n) is 21.8. The summed E-state index contributed by atoms with van der Waals surface area (Å²) >= 11 is 0. The summed E-state index contributed by atoms with van der Waals surface area (Å²) in [4.78, 5) is 19.7. The molecule has 2 heterocycles. The minimum atomic E-state index is -4.76. The average Bonchev–Trinajstić information content (AvgIpc) is 3.52. The van der Waals surface area contributed by atoms with Crippen LogP contribution in [0.4, 0.5) is 13.2 Å². The van der Waals surface area contributed by atoms with Crippen LogP contribution < -0.4 is 5.48 Å². The van der Waals surface area contributed by atoms with Gasteiger partial charge in [-0.15, -0.1) is 5.10 Å². The zero-order chi connectivity index (χ0) is 28.0. The zero-order valence-corrected chi connectivity index (χ0v) is 21.8. The van der Waals surface area contributed by atoms with E-state index in [0.717, 1.165) is 5.56 Å². The van der Waals surface area contributed by atoms with Crippen LogP contribution in [0.2, 0.25) is 0 Å². The van der Waals surface area contributed by atoms with Gasteiger partial charge in [-0.1, -0.05) is 30.3 Å². The van der Waals surface area contributed by atoms with E-state index in [4.69, 9.17) is 9.57 Å². The number of nitrogens with one attached hydrogen (secondary N) is 1. The van der Waals surface area contributed by atoms with Gasteiger partial charge in [-0.25, -0.2) is 0 Å². The van der Waals surface area contributed by atoms with Crippen molar-refractivity contribution in [2.24, 2.45) is 5.92 Å². The van der Waals surface area contributed by atoms with Crippen LogP contribution in [0.3, 0.4) is 0 Å².